The van der Waals surface area contributed by atoms with Crippen molar-refractivity contribution in [3.63, 3.8) is 0 Å². The van der Waals surface area contributed by atoms with Crippen molar-refractivity contribution >= 4 is 5.97 Å². The molecule has 1 aliphatic heterocycles. The highest BCUT2D eigenvalue weighted by Crippen LogP contribution is 2.83. The molecule has 1 heterocycles. The standard InChI is InChI=1S/C18H28O5/c1-10(19)23-13-11-6-15(2,3)7-12(11)16(4)8-17(16)14(21-5)22-9-18(13,17)20/h11-14,20H,6-9H2,1-5H3. The molecule has 1 spiro atoms. The molecular formula is C18H28O5. The number of methoxy groups -OCH3 is 1. The Bertz CT molecular complexity index is 560. The van der Waals surface area contributed by atoms with E-state index in [0.717, 1.165) is 19.3 Å². The first-order chi connectivity index (χ1) is 10.6. The summed E-state index contributed by atoms with van der Waals surface area (Å²) in [5.74, 6) is 0.298. The number of hydrogen-bond donors (Lipinski definition) is 1. The highest BCUT2D eigenvalue weighted by atomic mass is 16.7. The van der Waals surface area contributed by atoms with Gasteiger partial charge in [0.25, 0.3) is 0 Å². The van der Waals surface area contributed by atoms with E-state index in [0.29, 0.717) is 5.92 Å². The van der Waals surface area contributed by atoms with Gasteiger partial charge in [-0.1, -0.05) is 20.8 Å². The molecule has 0 aromatic carbocycles. The summed E-state index contributed by atoms with van der Waals surface area (Å²) < 4.78 is 17.1. The van der Waals surface area contributed by atoms with Crippen LogP contribution < -0.4 is 0 Å². The smallest absolute Gasteiger partial charge is 0.303 e. The summed E-state index contributed by atoms with van der Waals surface area (Å²) in [4.78, 5) is 11.7. The number of esters is 1. The van der Waals surface area contributed by atoms with E-state index in [1.165, 1.54) is 6.92 Å². The van der Waals surface area contributed by atoms with Crippen molar-refractivity contribution in [3.8, 4) is 0 Å². The molecule has 0 radical (unpaired) electrons. The second kappa shape index (κ2) is 4.30. The van der Waals surface area contributed by atoms with Gasteiger partial charge in [-0.3, -0.25) is 4.79 Å². The number of carbonyl (C=O) groups is 1. The van der Waals surface area contributed by atoms with Crippen molar-refractivity contribution in [1.29, 1.82) is 0 Å². The van der Waals surface area contributed by atoms with Gasteiger partial charge in [-0.05, 0) is 36.0 Å². The number of rotatable bonds is 2. The van der Waals surface area contributed by atoms with Gasteiger partial charge in [0.05, 0.1) is 12.0 Å². The molecule has 1 N–H and O–H groups in total. The molecular weight excluding hydrogens is 296 g/mol. The number of fused-ring (bicyclic) bond motifs is 2. The summed E-state index contributed by atoms with van der Waals surface area (Å²) in [6, 6.07) is 0. The zero-order valence-corrected chi connectivity index (χ0v) is 14.7. The lowest BCUT2D eigenvalue weighted by molar-refractivity contribution is -0.211. The highest BCUT2D eigenvalue weighted by Gasteiger charge is 2.89. The van der Waals surface area contributed by atoms with Gasteiger partial charge >= 0.3 is 5.97 Å². The maximum atomic E-state index is 11.7. The third kappa shape index (κ3) is 1.66. The molecule has 130 valence electrons. The molecule has 4 fully saturated rings. The van der Waals surface area contributed by atoms with Crippen molar-refractivity contribution in [2.45, 2.75) is 65.0 Å². The summed E-state index contributed by atoms with van der Waals surface area (Å²) in [5.41, 5.74) is -1.39. The summed E-state index contributed by atoms with van der Waals surface area (Å²) in [5, 5.41) is 11.6. The molecule has 3 saturated carbocycles. The first-order valence-electron chi connectivity index (χ1n) is 8.65. The van der Waals surface area contributed by atoms with Crippen molar-refractivity contribution in [2.75, 3.05) is 13.7 Å². The molecule has 4 rings (SSSR count). The van der Waals surface area contributed by atoms with E-state index in [4.69, 9.17) is 14.2 Å². The van der Waals surface area contributed by atoms with Gasteiger partial charge in [-0.2, -0.15) is 0 Å². The predicted molar refractivity (Wildman–Crippen MR) is 82.4 cm³/mol. The quantitative estimate of drug-likeness (QED) is 0.788. The van der Waals surface area contributed by atoms with Gasteiger partial charge in [-0.25, -0.2) is 0 Å². The molecule has 7 unspecified atom stereocenters. The largest absolute Gasteiger partial charge is 0.459 e. The Hall–Kier alpha value is -0.650. The summed E-state index contributed by atoms with van der Waals surface area (Å²) in [6.07, 6.45) is 2.04. The van der Waals surface area contributed by atoms with Crippen molar-refractivity contribution < 1.29 is 24.1 Å². The van der Waals surface area contributed by atoms with Crippen LogP contribution in [0.1, 0.15) is 47.0 Å². The van der Waals surface area contributed by atoms with Crippen LogP contribution in [0.3, 0.4) is 0 Å². The van der Waals surface area contributed by atoms with Crippen LogP contribution in [-0.4, -0.2) is 42.8 Å². The van der Waals surface area contributed by atoms with E-state index in [2.05, 4.69) is 20.8 Å². The first-order valence-corrected chi connectivity index (χ1v) is 8.65. The van der Waals surface area contributed by atoms with E-state index in [-0.39, 0.29) is 29.3 Å². The fourth-order valence-corrected chi connectivity index (χ4v) is 6.62. The van der Waals surface area contributed by atoms with Crippen molar-refractivity contribution in [1.82, 2.24) is 0 Å². The molecule has 0 bridgehead atoms. The number of hydrogen-bond acceptors (Lipinski definition) is 5. The van der Waals surface area contributed by atoms with Gasteiger partial charge in [0.1, 0.15) is 11.7 Å². The van der Waals surface area contributed by atoms with Crippen LogP contribution in [0.25, 0.3) is 0 Å². The second-order valence-electron chi connectivity index (χ2n) is 9.24. The van der Waals surface area contributed by atoms with Gasteiger partial charge in [0, 0.05) is 20.0 Å². The number of ether oxygens (including phenoxy) is 3. The maximum absolute atomic E-state index is 11.7. The molecule has 5 nitrogen and oxygen atoms in total. The fraction of sp³-hybridized carbons (Fsp3) is 0.944. The molecule has 3 aliphatic carbocycles. The third-order valence-electron chi connectivity index (χ3n) is 7.43. The van der Waals surface area contributed by atoms with Gasteiger partial charge in [-0.15, -0.1) is 0 Å². The lowest BCUT2D eigenvalue weighted by atomic mass is 9.60. The minimum atomic E-state index is -1.14. The summed E-state index contributed by atoms with van der Waals surface area (Å²) >= 11 is 0. The summed E-state index contributed by atoms with van der Waals surface area (Å²) in [7, 11) is 1.63. The van der Waals surface area contributed by atoms with Crippen LogP contribution in [0.15, 0.2) is 0 Å². The fourth-order valence-electron chi connectivity index (χ4n) is 6.62. The zero-order chi connectivity index (χ0) is 16.8. The molecule has 0 aromatic heterocycles. The normalized spacial score (nSPS) is 55.7. The second-order valence-corrected chi connectivity index (χ2v) is 9.24. The Kier molecular flexibility index (Phi) is 2.96. The topological polar surface area (TPSA) is 65.0 Å². The molecule has 5 heteroatoms. The van der Waals surface area contributed by atoms with Crippen molar-refractivity contribution in [3.05, 3.63) is 0 Å². The van der Waals surface area contributed by atoms with Gasteiger partial charge in [0.15, 0.2) is 6.29 Å². The molecule has 4 aliphatic rings. The average Bonchev–Trinajstić information content (AvgIpc) is 2.80. The van der Waals surface area contributed by atoms with Crippen LogP contribution in [-0.2, 0) is 19.0 Å². The van der Waals surface area contributed by atoms with Crippen LogP contribution in [0.2, 0.25) is 0 Å². The van der Waals surface area contributed by atoms with E-state index in [9.17, 15) is 9.90 Å². The SMILES string of the molecule is COC1OCC2(O)C(OC(C)=O)C3CC(C)(C)CC3C3(C)CC132. The Balaban J connectivity index is 1.82. The number of carbonyl (C=O) groups excluding carboxylic acids is 1. The van der Waals surface area contributed by atoms with Crippen molar-refractivity contribution in [2.24, 2.45) is 28.1 Å². The zero-order valence-electron chi connectivity index (χ0n) is 14.7. The Morgan fingerprint density at radius 2 is 1.96 bits per heavy atom. The molecule has 1 saturated heterocycles. The molecule has 23 heavy (non-hydrogen) atoms. The summed E-state index contributed by atoms with van der Waals surface area (Å²) in [6.45, 7) is 8.43. The van der Waals surface area contributed by atoms with E-state index < -0.39 is 23.4 Å². The Morgan fingerprint density at radius 1 is 1.26 bits per heavy atom. The highest BCUT2D eigenvalue weighted by molar-refractivity contribution is 5.66. The van der Waals surface area contributed by atoms with E-state index >= 15 is 0 Å². The predicted octanol–water partition coefficient (Wildman–Crippen LogP) is 2.11. The lowest BCUT2D eigenvalue weighted by Gasteiger charge is -2.49. The maximum Gasteiger partial charge on any atom is 0.303 e. The van der Waals surface area contributed by atoms with Gasteiger partial charge in [0.2, 0.25) is 0 Å². The van der Waals surface area contributed by atoms with Crippen LogP contribution in [0.5, 0.6) is 0 Å². The van der Waals surface area contributed by atoms with E-state index in [1.807, 2.05) is 0 Å². The minimum absolute atomic E-state index is 0.00594. The molecule has 0 aromatic rings. The number of aliphatic hydroxyl groups is 1. The van der Waals surface area contributed by atoms with Crippen LogP contribution in [0, 0.1) is 28.1 Å². The Labute approximate surface area is 137 Å². The minimum Gasteiger partial charge on any atom is -0.459 e. The first kappa shape index (κ1) is 15.9. The Morgan fingerprint density at radius 3 is 2.57 bits per heavy atom. The molecule has 0 amide bonds. The van der Waals surface area contributed by atoms with Gasteiger partial charge < -0.3 is 19.3 Å². The van der Waals surface area contributed by atoms with Crippen LogP contribution >= 0.6 is 0 Å². The average molecular weight is 324 g/mol. The van der Waals surface area contributed by atoms with E-state index in [1.54, 1.807) is 7.11 Å². The monoisotopic (exact) mass is 324 g/mol. The molecule has 7 atom stereocenters. The van der Waals surface area contributed by atoms with Crippen LogP contribution in [0.4, 0.5) is 0 Å². The third-order valence-corrected chi connectivity index (χ3v) is 7.43. The lowest BCUT2D eigenvalue weighted by Crippen LogP contribution is -2.62.